The number of rotatable bonds is 9. The van der Waals surface area contributed by atoms with Crippen molar-refractivity contribution in [3.8, 4) is 17.6 Å². The van der Waals surface area contributed by atoms with Crippen LogP contribution < -0.4 is 9.64 Å². The lowest BCUT2D eigenvalue weighted by atomic mass is 10.1. The van der Waals surface area contributed by atoms with E-state index >= 15 is 0 Å². The molecule has 0 unspecified atom stereocenters. The van der Waals surface area contributed by atoms with E-state index < -0.39 is 0 Å². The van der Waals surface area contributed by atoms with Crippen molar-refractivity contribution < 1.29 is 4.74 Å². The Hall–Kier alpha value is -5.96. The summed E-state index contributed by atoms with van der Waals surface area (Å²) in [7, 11) is 0. The molecule has 0 amide bonds. The first kappa shape index (κ1) is 26.3. The van der Waals surface area contributed by atoms with Crippen LogP contribution in [0.25, 0.3) is 16.6 Å². The van der Waals surface area contributed by atoms with E-state index in [1.165, 1.54) is 0 Å². The van der Waals surface area contributed by atoms with Crippen LogP contribution in [0.1, 0.15) is 22.6 Å². The normalized spacial score (nSPS) is 10.5. The van der Waals surface area contributed by atoms with Gasteiger partial charge in [0.1, 0.15) is 23.5 Å². The number of benzene rings is 4. The molecule has 6 rings (SSSR count). The van der Waals surface area contributed by atoms with Crippen LogP contribution in [-0.2, 0) is 13.1 Å². The van der Waals surface area contributed by atoms with Crippen molar-refractivity contribution in [1.82, 2.24) is 19.7 Å². The molecule has 7 heteroatoms. The second-order valence-electron chi connectivity index (χ2n) is 9.59. The van der Waals surface area contributed by atoms with E-state index in [1.54, 1.807) is 6.33 Å². The van der Waals surface area contributed by atoms with Crippen LogP contribution in [0, 0.1) is 11.3 Å². The Kier molecular flexibility index (Phi) is 7.54. The number of nitrogens with zero attached hydrogens (tertiary/aromatic N) is 6. The van der Waals surface area contributed by atoms with Gasteiger partial charge in [0.2, 0.25) is 0 Å². The summed E-state index contributed by atoms with van der Waals surface area (Å²) in [5.74, 6) is 2.24. The summed E-state index contributed by atoms with van der Waals surface area (Å²) in [6, 6.07) is 39.3. The van der Waals surface area contributed by atoms with Crippen LogP contribution in [0.5, 0.6) is 11.5 Å². The molecule has 0 aliphatic heterocycles. The molecule has 6 aromatic rings. The maximum absolute atomic E-state index is 9.15. The summed E-state index contributed by atoms with van der Waals surface area (Å²) in [6.45, 7) is 4.99. The lowest BCUT2D eigenvalue weighted by Gasteiger charge is -2.26. The highest BCUT2D eigenvalue weighted by molar-refractivity contribution is 5.84. The third kappa shape index (κ3) is 5.80. The van der Waals surface area contributed by atoms with E-state index in [0.717, 1.165) is 45.2 Å². The molecule has 2 heterocycles. The molecular formula is C35H26N6O. The number of para-hydroxylation sites is 2. The van der Waals surface area contributed by atoms with E-state index in [1.807, 2.05) is 114 Å². The van der Waals surface area contributed by atoms with Gasteiger partial charge in [-0.05, 0) is 66.2 Å². The van der Waals surface area contributed by atoms with Gasteiger partial charge in [-0.2, -0.15) is 5.26 Å². The first-order valence-electron chi connectivity index (χ1n) is 13.4. The molecule has 0 saturated carbocycles. The van der Waals surface area contributed by atoms with Gasteiger partial charge in [0, 0.05) is 11.1 Å². The molecule has 42 heavy (non-hydrogen) atoms. The highest BCUT2D eigenvalue weighted by Gasteiger charge is 2.19. The number of hydrogen-bond acceptors (Lipinski definition) is 6. The molecular weight excluding hydrogens is 520 g/mol. The molecule has 0 atom stereocenters. The molecule has 0 spiro atoms. The molecule has 0 saturated heterocycles. The molecule has 0 aliphatic rings. The zero-order valence-electron chi connectivity index (χ0n) is 22.8. The van der Waals surface area contributed by atoms with Gasteiger partial charge in [-0.25, -0.2) is 4.98 Å². The number of aromatic nitrogens is 4. The highest BCUT2D eigenvalue weighted by Crippen LogP contribution is 2.31. The van der Waals surface area contributed by atoms with Crippen molar-refractivity contribution in [3.63, 3.8) is 0 Å². The van der Waals surface area contributed by atoms with Crippen LogP contribution in [-0.4, -0.2) is 19.7 Å². The van der Waals surface area contributed by atoms with E-state index in [2.05, 4.69) is 39.5 Å². The van der Waals surface area contributed by atoms with Crippen molar-refractivity contribution in [2.75, 3.05) is 4.90 Å². The molecule has 202 valence electrons. The molecule has 7 nitrogen and oxygen atoms in total. The lowest BCUT2D eigenvalue weighted by molar-refractivity contribution is 0.482. The molecule has 0 fully saturated rings. The Labute approximate surface area is 243 Å². The summed E-state index contributed by atoms with van der Waals surface area (Å²) >= 11 is 0. The first-order chi connectivity index (χ1) is 20.7. The Morgan fingerprint density at radius 2 is 1.57 bits per heavy atom. The van der Waals surface area contributed by atoms with E-state index in [4.69, 9.17) is 15.0 Å². The number of fused-ring (bicyclic) bond motifs is 1. The van der Waals surface area contributed by atoms with Crippen molar-refractivity contribution in [2.24, 2.45) is 0 Å². The maximum atomic E-state index is 9.15. The second-order valence-corrected chi connectivity index (χ2v) is 9.59. The van der Waals surface area contributed by atoms with Gasteiger partial charge < -0.3 is 14.2 Å². The van der Waals surface area contributed by atoms with Crippen molar-refractivity contribution in [2.45, 2.75) is 13.1 Å². The summed E-state index contributed by atoms with van der Waals surface area (Å²) < 4.78 is 8.02. The van der Waals surface area contributed by atoms with Crippen molar-refractivity contribution in [1.29, 1.82) is 5.26 Å². The van der Waals surface area contributed by atoms with Crippen LogP contribution in [0.2, 0.25) is 0 Å². The lowest BCUT2D eigenvalue weighted by Crippen LogP contribution is -2.24. The zero-order chi connectivity index (χ0) is 28.7. The summed E-state index contributed by atoms with van der Waals surface area (Å²) in [5.41, 5.74) is 8.04. The number of pyridine rings is 1. The third-order valence-corrected chi connectivity index (χ3v) is 6.84. The average molecular weight is 547 g/mol. The maximum Gasteiger partial charge on any atom is 0.153 e. The standard InChI is InChI=1S/C35H26N6O/c1-2-34(33-21-16-28-8-6-7-11-32(28)38-33)41(29-17-19-31(20-18-29)42-30-9-4-3-5-10-30)24-35-39-37-25-40(35)23-27-14-12-26(22-36)13-15-27/h3-21,25H,1,23-24H2. The molecule has 2 aromatic heterocycles. The van der Waals surface area contributed by atoms with Gasteiger partial charge in [0.15, 0.2) is 5.82 Å². The summed E-state index contributed by atoms with van der Waals surface area (Å²) in [5, 5.41) is 18.9. The van der Waals surface area contributed by atoms with Crippen molar-refractivity contribution >= 4 is 22.3 Å². The molecule has 0 radical (unpaired) electrons. The van der Waals surface area contributed by atoms with Gasteiger partial charge >= 0.3 is 0 Å². The fourth-order valence-electron chi connectivity index (χ4n) is 4.70. The Morgan fingerprint density at radius 1 is 0.833 bits per heavy atom. The van der Waals surface area contributed by atoms with Gasteiger partial charge in [-0.3, -0.25) is 0 Å². The molecule has 0 bridgehead atoms. The Bertz CT molecular complexity index is 1920. The number of nitriles is 1. The van der Waals surface area contributed by atoms with E-state index in [-0.39, 0.29) is 0 Å². The monoisotopic (exact) mass is 546 g/mol. The molecule has 0 N–H and O–H groups in total. The largest absolute Gasteiger partial charge is 0.457 e. The zero-order valence-corrected chi connectivity index (χ0v) is 22.8. The SMILES string of the molecule is C=C=C(c1ccc2ccccc2n1)N(Cc1nncn1Cc1ccc(C#N)cc1)c1ccc(Oc2ccccc2)cc1. The number of hydrogen-bond donors (Lipinski definition) is 0. The van der Waals surface area contributed by atoms with Gasteiger partial charge in [-0.1, -0.05) is 61.2 Å². The topological polar surface area (TPSA) is 79.9 Å². The van der Waals surface area contributed by atoms with Crippen LogP contribution in [0.15, 0.2) is 134 Å². The molecule has 0 aliphatic carbocycles. The first-order valence-corrected chi connectivity index (χ1v) is 13.4. The summed E-state index contributed by atoms with van der Waals surface area (Å²) in [6.07, 6.45) is 1.72. The number of anilines is 1. The highest BCUT2D eigenvalue weighted by atomic mass is 16.5. The van der Waals surface area contributed by atoms with E-state index in [9.17, 15) is 0 Å². The Morgan fingerprint density at radius 3 is 2.33 bits per heavy atom. The van der Waals surface area contributed by atoms with Crippen LogP contribution >= 0.6 is 0 Å². The predicted molar refractivity (Wildman–Crippen MR) is 164 cm³/mol. The quantitative estimate of drug-likeness (QED) is 0.176. The molecule has 4 aromatic carbocycles. The van der Waals surface area contributed by atoms with E-state index in [0.29, 0.717) is 24.4 Å². The summed E-state index contributed by atoms with van der Waals surface area (Å²) in [4.78, 5) is 7.01. The van der Waals surface area contributed by atoms with Crippen LogP contribution in [0.3, 0.4) is 0 Å². The number of ether oxygens (including phenoxy) is 1. The minimum atomic E-state index is 0.390. The predicted octanol–water partition coefficient (Wildman–Crippen LogP) is 7.37. The van der Waals surface area contributed by atoms with Crippen molar-refractivity contribution in [3.05, 3.63) is 157 Å². The van der Waals surface area contributed by atoms with Crippen LogP contribution in [0.4, 0.5) is 5.69 Å². The second kappa shape index (κ2) is 12.1. The minimum absolute atomic E-state index is 0.390. The average Bonchev–Trinajstić information content (AvgIpc) is 3.48. The Balaban J connectivity index is 1.35. The fraction of sp³-hybridized carbons (Fsp3) is 0.0571. The third-order valence-electron chi connectivity index (χ3n) is 6.84. The van der Waals surface area contributed by atoms with Gasteiger partial charge in [0.25, 0.3) is 0 Å². The van der Waals surface area contributed by atoms with Gasteiger partial charge in [0.05, 0.1) is 35.9 Å². The van der Waals surface area contributed by atoms with Gasteiger partial charge in [-0.15, -0.1) is 15.9 Å². The minimum Gasteiger partial charge on any atom is -0.457 e. The smallest absolute Gasteiger partial charge is 0.153 e. The fourth-order valence-corrected chi connectivity index (χ4v) is 4.70.